The van der Waals surface area contributed by atoms with Crippen LogP contribution in [0, 0.1) is 5.92 Å². The summed E-state index contributed by atoms with van der Waals surface area (Å²) in [4.78, 5) is 0. The van der Waals surface area contributed by atoms with Crippen LogP contribution < -0.4 is 5.73 Å². The van der Waals surface area contributed by atoms with Crippen LogP contribution in [0.5, 0.6) is 0 Å². The molecule has 0 aliphatic rings. The highest BCUT2D eigenvalue weighted by molar-refractivity contribution is 9.10. The number of nitrogens with two attached hydrogens (primary N) is 1. The molecular formula is C14H22BrN. The lowest BCUT2D eigenvalue weighted by Gasteiger charge is -2.14. The van der Waals surface area contributed by atoms with Crippen LogP contribution in [0.15, 0.2) is 22.7 Å². The summed E-state index contributed by atoms with van der Waals surface area (Å²) in [5, 5.41) is 0. The van der Waals surface area contributed by atoms with Crippen molar-refractivity contribution >= 4 is 15.9 Å². The smallest absolute Gasteiger partial charge is 0.0209 e. The van der Waals surface area contributed by atoms with Crippen molar-refractivity contribution in [2.45, 2.75) is 46.1 Å². The second kappa shape index (κ2) is 6.41. The molecule has 0 aromatic heterocycles. The van der Waals surface area contributed by atoms with Crippen molar-refractivity contribution in [3.63, 3.8) is 0 Å². The van der Waals surface area contributed by atoms with E-state index in [1.807, 2.05) is 0 Å². The summed E-state index contributed by atoms with van der Waals surface area (Å²) >= 11 is 3.62. The summed E-state index contributed by atoms with van der Waals surface area (Å²) in [6, 6.07) is 7.00. The van der Waals surface area contributed by atoms with Gasteiger partial charge in [0, 0.05) is 10.5 Å². The number of hydrogen-bond acceptors (Lipinski definition) is 1. The van der Waals surface area contributed by atoms with Crippen molar-refractivity contribution in [3.05, 3.63) is 33.8 Å². The third-order valence-electron chi connectivity index (χ3n) is 2.86. The topological polar surface area (TPSA) is 26.0 Å². The molecule has 2 heteroatoms. The van der Waals surface area contributed by atoms with E-state index >= 15 is 0 Å². The fourth-order valence-corrected chi connectivity index (χ4v) is 2.83. The second-order valence-electron chi connectivity index (χ2n) is 4.80. The van der Waals surface area contributed by atoms with Crippen LogP contribution in [0.1, 0.15) is 38.3 Å². The molecular weight excluding hydrogens is 262 g/mol. The molecule has 0 heterocycles. The van der Waals surface area contributed by atoms with Gasteiger partial charge >= 0.3 is 0 Å². The van der Waals surface area contributed by atoms with Gasteiger partial charge in [-0.3, -0.25) is 0 Å². The summed E-state index contributed by atoms with van der Waals surface area (Å²) in [6.45, 7) is 6.52. The third-order valence-corrected chi connectivity index (χ3v) is 3.59. The van der Waals surface area contributed by atoms with Crippen LogP contribution in [0.25, 0.3) is 0 Å². The molecule has 0 radical (unpaired) electrons. The Morgan fingerprint density at radius 2 is 2.00 bits per heavy atom. The van der Waals surface area contributed by atoms with Gasteiger partial charge in [-0.2, -0.15) is 0 Å². The van der Waals surface area contributed by atoms with Gasteiger partial charge < -0.3 is 5.73 Å². The Labute approximate surface area is 108 Å². The van der Waals surface area contributed by atoms with Crippen LogP contribution >= 0.6 is 15.9 Å². The molecule has 0 saturated heterocycles. The average Bonchev–Trinajstić information content (AvgIpc) is 2.16. The van der Waals surface area contributed by atoms with Crippen molar-refractivity contribution in [1.29, 1.82) is 0 Å². The third kappa shape index (κ3) is 4.26. The first kappa shape index (κ1) is 13.7. The van der Waals surface area contributed by atoms with E-state index in [9.17, 15) is 0 Å². The molecule has 1 aromatic rings. The fraction of sp³-hybridized carbons (Fsp3) is 0.571. The van der Waals surface area contributed by atoms with Crippen molar-refractivity contribution in [2.24, 2.45) is 11.7 Å². The molecule has 1 nitrogen and oxygen atoms in total. The quantitative estimate of drug-likeness (QED) is 0.871. The Balaban J connectivity index is 2.64. The standard InChI is InChI=1S/C14H22BrN/c1-4-13-6-5-12(9-14(13)15)8-10(2)7-11(3)16/h5-6,9-11H,4,7-8,16H2,1-3H3. The van der Waals surface area contributed by atoms with E-state index in [-0.39, 0.29) is 0 Å². The van der Waals surface area contributed by atoms with Gasteiger partial charge in [0.1, 0.15) is 0 Å². The zero-order valence-electron chi connectivity index (χ0n) is 10.5. The first-order valence-electron chi connectivity index (χ1n) is 6.05. The Morgan fingerprint density at radius 3 is 2.50 bits per heavy atom. The van der Waals surface area contributed by atoms with Crippen LogP contribution in [-0.4, -0.2) is 6.04 Å². The zero-order chi connectivity index (χ0) is 12.1. The fourth-order valence-electron chi connectivity index (χ4n) is 2.12. The number of benzene rings is 1. The predicted octanol–water partition coefficient (Wildman–Crippen LogP) is 3.93. The lowest BCUT2D eigenvalue weighted by molar-refractivity contribution is 0.480. The zero-order valence-corrected chi connectivity index (χ0v) is 12.0. The van der Waals surface area contributed by atoms with E-state index in [1.54, 1.807) is 0 Å². The Bertz CT molecular complexity index is 334. The molecule has 0 spiro atoms. The van der Waals surface area contributed by atoms with E-state index in [0.717, 1.165) is 19.3 Å². The normalized spacial score (nSPS) is 14.8. The summed E-state index contributed by atoms with van der Waals surface area (Å²) < 4.78 is 1.24. The molecule has 2 N–H and O–H groups in total. The highest BCUT2D eigenvalue weighted by atomic mass is 79.9. The summed E-state index contributed by atoms with van der Waals surface area (Å²) in [7, 11) is 0. The minimum atomic E-state index is 0.299. The van der Waals surface area contributed by atoms with E-state index in [0.29, 0.717) is 12.0 Å². The number of rotatable bonds is 5. The number of hydrogen-bond donors (Lipinski definition) is 1. The van der Waals surface area contributed by atoms with Gasteiger partial charge in [-0.1, -0.05) is 41.9 Å². The Kier molecular flexibility index (Phi) is 5.50. The highest BCUT2D eigenvalue weighted by Crippen LogP contribution is 2.21. The minimum absolute atomic E-state index is 0.299. The van der Waals surface area contributed by atoms with Crippen LogP contribution in [0.2, 0.25) is 0 Å². The van der Waals surface area contributed by atoms with E-state index < -0.39 is 0 Å². The van der Waals surface area contributed by atoms with Gasteiger partial charge in [-0.05, 0) is 49.3 Å². The summed E-state index contributed by atoms with van der Waals surface area (Å²) in [5.74, 6) is 0.652. The maximum Gasteiger partial charge on any atom is 0.0209 e. The molecule has 90 valence electrons. The van der Waals surface area contributed by atoms with Crippen molar-refractivity contribution < 1.29 is 0 Å². The molecule has 0 aliphatic heterocycles. The van der Waals surface area contributed by atoms with Gasteiger partial charge in [0.05, 0.1) is 0 Å². The van der Waals surface area contributed by atoms with Gasteiger partial charge in [0.2, 0.25) is 0 Å². The van der Waals surface area contributed by atoms with Gasteiger partial charge in [0.25, 0.3) is 0 Å². The van der Waals surface area contributed by atoms with E-state index in [2.05, 4.69) is 54.9 Å². The van der Waals surface area contributed by atoms with Gasteiger partial charge in [0.15, 0.2) is 0 Å². The maximum absolute atomic E-state index is 5.81. The molecule has 2 unspecified atom stereocenters. The van der Waals surface area contributed by atoms with Crippen LogP contribution in [0.4, 0.5) is 0 Å². The Morgan fingerprint density at radius 1 is 1.31 bits per heavy atom. The molecule has 0 saturated carbocycles. The van der Waals surface area contributed by atoms with Gasteiger partial charge in [-0.25, -0.2) is 0 Å². The number of aryl methyl sites for hydroxylation is 1. The molecule has 0 bridgehead atoms. The molecule has 1 rings (SSSR count). The second-order valence-corrected chi connectivity index (χ2v) is 5.66. The monoisotopic (exact) mass is 283 g/mol. The van der Waals surface area contributed by atoms with Crippen molar-refractivity contribution in [3.8, 4) is 0 Å². The molecule has 16 heavy (non-hydrogen) atoms. The molecule has 0 fully saturated rings. The molecule has 1 aromatic carbocycles. The first-order valence-corrected chi connectivity index (χ1v) is 6.85. The van der Waals surface area contributed by atoms with Crippen molar-refractivity contribution in [2.75, 3.05) is 0 Å². The number of halogens is 1. The highest BCUT2D eigenvalue weighted by Gasteiger charge is 2.07. The summed E-state index contributed by atoms with van der Waals surface area (Å²) in [6.07, 6.45) is 3.29. The molecule has 2 atom stereocenters. The van der Waals surface area contributed by atoms with Crippen LogP contribution in [-0.2, 0) is 12.8 Å². The van der Waals surface area contributed by atoms with Crippen LogP contribution in [0.3, 0.4) is 0 Å². The predicted molar refractivity (Wildman–Crippen MR) is 74.7 cm³/mol. The van der Waals surface area contributed by atoms with Gasteiger partial charge in [-0.15, -0.1) is 0 Å². The largest absolute Gasteiger partial charge is 0.328 e. The molecule has 0 amide bonds. The Hall–Kier alpha value is -0.340. The maximum atomic E-state index is 5.81. The lowest BCUT2D eigenvalue weighted by Crippen LogP contribution is -2.19. The lowest BCUT2D eigenvalue weighted by atomic mass is 9.94. The summed E-state index contributed by atoms with van der Waals surface area (Å²) in [5.41, 5.74) is 8.59. The molecule has 0 aliphatic carbocycles. The average molecular weight is 284 g/mol. The minimum Gasteiger partial charge on any atom is -0.328 e. The first-order chi connectivity index (χ1) is 7.52. The SMILES string of the molecule is CCc1ccc(CC(C)CC(C)N)cc1Br. The van der Waals surface area contributed by atoms with E-state index in [1.165, 1.54) is 15.6 Å². The van der Waals surface area contributed by atoms with Crippen molar-refractivity contribution in [1.82, 2.24) is 0 Å². The van der Waals surface area contributed by atoms with E-state index in [4.69, 9.17) is 5.73 Å².